The van der Waals surface area contributed by atoms with Crippen LogP contribution in [0.3, 0.4) is 0 Å². The number of hydrogen-bond acceptors (Lipinski definition) is 4. The van der Waals surface area contributed by atoms with Gasteiger partial charge in [-0.15, -0.1) is 11.3 Å². The van der Waals surface area contributed by atoms with Crippen LogP contribution in [0.4, 0.5) is 0 Å². The van der Waals surface area contributed by atoms with Gasteiger partial charge in [0, 0.05) is 4.88 Å². The Balaban J connectivity index is 2.64. The SMILES string of the molecule is COC(=O)CC(NC=O)c1cccs1. The van der Waals surface area contributed by atoms with Crippen LogP contribution < -0.4 is 5.32 Å². The lowest BCUT2D eigenvalue weighted by Gasteiger charge is -2.12. The third-order valence-corrected chi connectivity index (χ3v) is 2.74. The first kappa shape index (κ1) is 10.7. The van der Waals surface area contributed by atoms with E-state index < -0.39 is 0 Å². The van der Waals surface area contributed by atoms with E-state index in [1.165, 1.54) is 18.4 Å². The first-order chi connectivity index (χ1) is 6.77. The number of ether oxygens (including phenoxy) is 1. The minimum Gasteiger partial charge on any atom is -0.469 e. The summed E-state index contributed by atoms with van der Waals surface area (Å²) in [6, 6.07) is 3.46. The summed E-state index contributed by atoms with van der Waals surface area (Å²) >= 11 is 1.49. The molecule has 1 aromatic rings. The highest BCUT2D eigenvalue weighted by molar-refractivity contribution is 7.10. The summed E-state index contributed by atoms with van der Waals surface area (Å²) in [5.41, 5.74) is 0. The highest BCUT2D eigenvalue weighted by atomic mass is 32.1. The molecule has 4 nitrogen and oxygen atoms in total. The number of methoxy groups -OCH3 is 1. The number of carbonyl (C=O) groups excluding carboxylic acids is 2. The molecule has 76 valence electrons. The maximum absolute atomic E-state index is 11.0. The average molecular weight is 213 g/mol. The first-order valence-electron chi connectivity index (χ1n) is 4.08. The maximum Gasteiger partial charge on any atom is 0.307 e. The summed E-state index contributed by atoms with van der Waals surface area (Å²) in [6.07, 6.45) is 0.753. The molecule has 0 fully saturated rings. The molecule has 1 heterocycles. The Kier molecular flexibility index (Phi) is 4.12. The van der Waals surface area contributed by atoms with Gasteiger partial charge in [0.05, 0.1) is 19.6 Å². The van der Waals surface area contributed by atoms with Crippen molar-refractivity contribution in [3.8, 4) is 0 Å². The predicted molar refractivity (Wildman–Crippen MR) is 52.9 cm³/mol. The lowest BCUT2D eigenvalue weighted by Crippen LogP contribution is -2.22. The van der Waals surface area contributed by atoms with Crippen LogP contribution in [0.1, 0.15) is 17.3 Å². The Morgan fingerprint density at radius 1 is 1.79 bits per heavy atom. The molecule has 14 heavy (non-hydrogen) atoms. The van der Waals surface area contributed by atoms with Crippen molar-refractivity contribution in [2.45, 2.75) is 12.5 Å². The van der Waals surface area contributed by atoms with Crippen LogP contribution in [0, 0.1) is 0 Å². The second-order valence-corrected chi connectivity index (χ2v) is 3.61. The number of rotatable bonds is 5. The molecule has 0 saturated carbocycles. The molecule has 0 saturated heterocycles. The second kappa shape index (κ2) is 5.39. The van der Waals surface area contributed by atoms with Crippen LogP contribution in [0.15, 0.2) is 17.5 Å². The molecule has 0 aromatic carbocycles. The zero-order valence-electron chi connectivity index (χ0n) is 7.73. The first-order valence-corrected chi connectivity index (χ1v) is 4.95. The van der Waals surface area contributed by atoms with Gasteiger partial charge in [-0.05, 0) is 11.4 Å². The molecule has 0 aliphatic carbocycles. The molecule has 1 unspecified atom stereocenters. The minimum absolute atomic E-state index is 0.162. The molecule has 1 atom stereocenters. The molecular weight excluding hydrogens is 202 g/mol. The topological polar surface area (TPSA) is 55.4 Å². The van der Waals surface area contributed by atoms with Crippen LogP contribution in [-0.2, 0) is 14.3 Å². The summed E-state index contributed by atoms with van der Waals surface area (Å²) in [6.45, 7) is 0. The minimum atomic E-state index is -0.335. The van der Waals surface area contributed by atoms with Gasteiger partial charge < -0.3 is 10.1 Å². The molecule has 0 spiro atoms. The van der Waals surface area contributed by atoms with Gasteiger partial charge in [0.25, 0.3) is 0 Å². The largest absolute Gasteiger partial charge is 0.469 e. The van der Waals surface area contributed by atoms with Gasteiger partial charge in [0.15, 0.2) is 0 Å². The molecule has 1 amide bonds. The van der Waals surface area contributed by atoms with Crippen molar-refractivity contribution in [1.82, 2.24) is 5.32 Å². The molecule has 0 aliphatic heterocycles. The third-order valence-electron chi connectivity index (χ3n) is 1.75. The van der Waals surface area contributed by atoms with Gasteiger partial charge in [0.1, 0.15) is 0 Å². The number of hydrogen-bond donors (Lipinski definition) is 1. The third kappa shape index (κ3) is 2.85. The second-order valence-electron chi connectivity index (χ2n) is 2.63. The number of esters is 1. The maximum atomic E-state index is 11.0. The molecule has 1 aromatic heterocycles. The monoisotopic (exact) mass is 213 g/mol. The summed E-state index contributed by atoms with van der Waals surface area (Å²) < 4.78 is 4.53. The van der Waals surface area contributed by atoms with E-state index in [1.807, 2.05) is 17.5 Å². The normalized spacial score (nSPS) is 11.8. The zero-order chi connectivity index (χ0) is 10.4. The Hall–Kier alpha value is -1.36. The molecule has 5 heteroatoms. The summed E-state index contributed by atoms with van der Waals surface area (Å²) in [7, 11) is 1.33. The zero-order valence-corrected chi connectivity index (χ0v) is 8.54. The molecule has 1 N–H and O–H groups in total. The van der Waals surface area contributed by atoms with E-state index >= 15 is 0 Å². The van der Waals surface area contributed by atoms with E-state index in [0.717, 1.165) is 4.88 Å². The summed E-state index contributed by atoms with van der Waals surface area (Å²) in [5.74, 6) is -0.335. The van der Waals surface area contributed by atoms with Gasteiger partial charge in [-0.1, -0.05) is 6.07 Å². The van der Waals surface area contributed by atoms with E-state index in [1.54, 1.807) is 0 Å². The highest BCUT2D eigenvalue weighted by Crippen LogP contribution is 2.21. The van der Waals surface area contributed by atoms with E-state index in [9.17, 15) is 9.59 Å². The van der Waals surface area contributed by atoms with Crippen LogP contribution >= 0.6 is 11.3 Å². The fraction of sp³-hybridized carbons (Fsp3) is 0.333. The van der Waals surface area contributed by atoms with Crippen molar-refractivity contribution in [3.05, 3.63) is 22.4 Å². The van der Waals surface area contributed by atoms with Gasteiger partial charge >= 0.3 is 5.97 Å². The Bertz CT molecular complexity index is 297. The Morgan fingerprint density at radius 3 is 3.07 bits per heavy atom. The number of nitrogens with one attached hydrogen (secondary N) is 1. The van der Waals surface area contributed by atoms with E-state index in [4.69, 9.17) is 0 Å². The van der Waals surface area contributed by atoms with Crippen LogP contribution in [0.25, 0.3) is 0 Å². The van der Waals surface area contributed by atoms with Crippen molar-refractivity contribution in [2.24, 2.45) is 0 Å². The van der Waals surface area contributed by atoms with E-state index in [2.05, 4.69) is 10.1 Å². The average Bonchev–Trinajstić information content (AvgIpc) is 2.69. The van der Waals surface area contributed by atoms with Gasteiger partial charge in [-0.25, -0.2) is 0 Å². The number of amides is 1. The fourth-order valence-electron chi connectivity index (χ4n) is 1.06. The number of thiophene rings is 1. The standard InChI is InChI=1S/C9H11NO3S/c1-13-9(12)5-7(10-6-11)8-3-2-4-14-8/h2-4,6-7H,5H2,1H3,(H,10,11). The van der Waals surface area contributed by atoms with E-state index in [0.29, 0.717) is 6.41 Å². The van der Waals surface area contributed by atoms with Crippen LogP contribution in [0.2, 0.25) is 0 Å². The van der Waals surface area contributed by atoms with Crippen molar-refractivity contribution >= 4 is 23.7 Å². The van der Waals surface area contributed by atoms with Crippen LogP contribution in [-0.4, -0.2) is 19.5 Å². The van der Waals surface area contributed by atoms with Gasteiger partial charge in [-0.3, -0.25) is 9.59 Å². The molecule has 1 rings (SSSR count). The smallest absolute Gasteiger partial charge is 0.307 e. The van der Waals surface area contributed by atoms with Crippen molar-refractivity contribution < 1.29 is 14.3 Å². The van der Waals surface area contributed by atoms with E-state index in [-0.39, 0.29) is 18.4 Å². The summed E-state index contributed by atoms with van der Waals surface area (Å²) in [5, 5.41) is 4.47. The van der Waals surface area contributed by atoms with Gasteiger partial charge in [-0.2, -0.15) is 0 Å². The molecule has 0 aliphatic rings. The lowest BCUT2D eigenvalue weighted by atomic mass is 10.2. The van der Waals surface area contributed by atoms with Crippen molar-refractivity contribution in [2.75, 3.05) is 7.11 Å². The Labute approximate surface area is 85.9 Å². The molecular formula is C9H11NO3S. The molecule has 0 radical (unpaired) electrons. The lowest BCUT2D eigenvalue weighted by molar-refractivity contribution is -0.141. The summed E-state index contributed by atoms with van der Waals surface area (Å²) in [4.78, 5) is 22.3. The molecule has 0 bridgehead atoms. The number of carbonyl (C=O) groups is 2. The van der Waals surface area contributed by atoms with Gasteiger partial charge in [0.2, 0.25) is 6.41 Å². The Morgan fingerprint density at radius 2 is 2.57 bits per heavy atom. The van der Waals surface area contributed by atoms with Crippen molar-refractivity contribution in [1.29, 1.82) is 0 Å². The quantitative estimate of drug-likeness (QED) is 0.588. The predicted octanol–water partition coefficient (Wildman–Crippen LogP) is 1.10. The fourth-order valence-corrected chi connectivity index (χ4v) is 1.85. The van der Waals surface area contributed by atoms with Crippen LogP contribution in [0.5, 0.6) is 0 Å². The highest BCUT2D eigenvalue weighted by Gasteiger charge is 2.16. The van der Waals surface area contributed by atoms with Crippen molar-refractivity contribution in [3.63, 3.8) is 0 Å².